The largest absolute Gasteiger partial charge is 0.336 e. The van der Waals surface area contributed by atoms with Crippen LogP contribution in [-0.4, -0.2) is 55.7 Å². The zero-order valence-electron chi connectivity index (χ0n) is 18.7. The number of aromatic nitrogens is 4. The van der Waals surface area contributed by atoms with Crippen molar-refractivity contribution in [3.05, 3.63) is 35.2 Å². The number of carbonyl (C=O) groups is 2. The molecule has 1 aliphatic heterocycles. The third-order valence-corrected chi connectivity index (χ3v) is 7.28. The molecule has 0 bridgehead atoms. The van der Waals surface area contributed by atoms with Crippen LogP contribution in [0.3, 0.4) is 0 Å². The molecule has 0 atom stereocenters. The van der Waals surface area contributed by atoms with E-state index in [9.17, 15) is 9.59 Å². The lowest BCUT2D eigenvalue weighted by molar-refractivity contribution is -0.0584. The van der Waals surface area contributed by atoms with Gasteiger partial charge >= 0.3 is 6.03 Å². The smallest absolute Gasteiger partial charge is 0.320 e. The zero-order valence-corrected chi connectivity index (χ0v) is 19.5. The number of hydrogen-bond acceptors (Lipinski definition) is 6. The maximum atomic E-state index is 12.9. The highest BCUT2D eigenvalue weighted by Gasteiger charge is 2.54. The van der Waals surface area contributed by atoms with Crippen LogP contribution in [0.1, 0.15) is 49.8 Å². The number of urea groups is 1. The van der Waals surface area contributed by atoms with Gasteiger partial charge in [0.2, 0.25) is 0 Å². The Morgan fingerprint density at radius 2 is 1.97 bits per heavy atom. The first kappa shape index (κ1) is 20.9. The lowest BCUT2D eigenvalue weighted by Gasteiger charge is -2.58. The summed E-state index contributed by atoms with van der Waals surface area (Å²) in [6.45, 7) is 7.75. The first-order valence-corrected chi connectivity index (χ1v) is 11.6. The van der Waals surface area contributed by atoms with Gasteiger partial charge in [0, 0.05) is 48.8 Å². The Morgan fingerprint density at radius 3 is 2.66 bits per heavy atom. The molecular weight excluding hydrogens is 426 g/mol. The molecule has 0 aromatic carbocycles. The number of rotatable bonds is 3. The monoisotopic (exact) mass is 453 g/mol. The molecule has 1 saturated carbocycles. The van der Waals surface area contributed by atoms with Gasteiger partial charge in [-0.1, -0.05) is 20.8 Å². The number of carbonyl (C=O) groups excluding carboxylic acids is 2. The van der Waals surface area contributed by atoms with Crippen LogP contribution >= 0.6 is 11.3 Å². The number of amides is 3. The first-order valence-electron chi connectivity index (χ1n) is 10.7. The number of likely N-dealkylation sites (tertiary alicyclic amines) is 1. The van der Waals surface area contributed by atoms with Gasteiger partial charge in [-0.2, -0.15) is 5.10 Å². The lowest BCUT2D eigenvalue weighted by atomic mass is 9.60. The van der Waals surface area contributed by atoms with Crippen molar-refractivity contribution in [2.45, 2.75) is 45.1 Å². The second-order valence-corrected chi connectivity index (χ2v) is 10.9. The molecule has 2 N–H and O–H groups in total. The molecule has 3 amide bonds. The molecule has 1 aliphatic carbocycles. The van der Waals surface area contributed by atoms with Crippen LogP contribution in [0.5, 0.6) is 0 Å². The maximum Gasteiger partial charge on any atom is 0.320 e. The molecule has 32 heavy (non-hydrogen) atoms. The molecule has 1 spiro atoms. The molecule has 1 saturated heterocycles. The first-order chi connectivity index (χ1) is 15.1. The van der Waals surface area contributed by atoms with Gasteiger partial charge in [-0.25, -0.2) is 14.8 Å². The summed E-state index contributed by atoms with van der Waals surface area (Å²) < 4.78 is 2.64. The van der Waals surface area contributed by atoms with E-state index in [1.165, 1.54) is 17.7 Å². The molecule has 0 unspecified atom stereocenters. The quantitative estimate of drug-likeness (QED) is 0.634. The standard InChI is InChI=1S/C22H27N7O2S/c1-21(2,3)15-7-16(27-28(15)4)26-20(31)25-13-8-22(9-13)10-29(11-22)19(30)17-18-14(5-6-32-18)23-12-24-17/h5-7,12-13H,8-11H2,1-4H3,(H2,25,26,27,31). The third-order valence-electron chi connectivity index (χ3n) is 6.37. The number of nitrogens with one attached hydrogen (secondary N) is 2. The van der Waals surface area contributed by atoms with E-state index in [-0.39, 0.29) is 28.8 Å². The van der Waals surface area contributed by atoms with Gasteiger partial charge in [0.05, 0.1) is 10.2 Å². The van der Waals surface area contributed by atoms with Crippen LogP contribution < -0.4 is 10.6 Å². The number of thiophene rings is 1. The van der Waals surface area contributed by atoms with Crippen molar-refractivity contribution in [2.75, 3.05) is 18.4 Å². The van der Waals surface area contributed by atoms with E-state index in [0.717, 1.165) is 28.8 Å². The summed E-state index contributed by atoms with van der Waals surface area (Å²) in [5.74, 6) is 0.513. The van der Waals surface area contributed by atoms with Gasteiger partial charge in [-0.3, -0.25) is 14.8 Å². The van der Waals surface area contributed by atoms with Crippen molar-refractivity contribution in [1.82, 2.24) is 30.0 Å². The van der Waals surface area contributed by atoms with Crippen molar-refractivity contribution in [1.29, 1.82) is 0 Å². The van der Waals surface area contributed by atoms with Crippen LogP contribution in [0.15, 0.2) is 23.8 Å². The topological polar surface area (TPSA) is 105 Å². The summed E-state index contributed by atoms with van der Waals surface area (Å²) in [6.07, 6.45) is 3.20. The Kier molecular flexibility index (Phi) is 4.74. The van der Waals surface area contributed by atoms with Crippen molar-refractivity contribution in [3.8, 4) is 0 Å². The fourth-order valence-electron chi connectivity index (χ4n) is 4.91. The highest BCUT2D eigenvalue weighted by atomic mass is 32.1. The number of aryl methyl sites for hydroxylation is 1. The minimum atomic E-state index is -0.239. The Hall–Kier alpha value is -3.01. The zero-order chi connectivity index (χ0) is 22.7. The van der Waals surface area contributed by atoms with Gasteiger partial charge in [-0.15, -0.1) is 11.3 Å². The summed E-state index contributed by atoms with van der Waals surface area (Å²) in [5.41, 5.74) is 2.41. The molecular formula is C22H27N7O2S. The van der Waals surface area contributed by atoms with Gasteiger partial charge in [0.25, 0.3) is 5.91 Å². The van der Waals surface area contributed by atoms with Crippen LogP contribution in [0.4, 0.5) is 10.6 Å². The van der Waals surface area contributed by atoms with Crippen LogP contribution in [-0.2, 0) is 12.5 Å². The molecule has 10 heteroatoms. The molecule has 4 heterocycles. The van der Waals surface area contributed by atoms with Crippen molar-refractivity contribution >= 4 is 39.3 Å². The number of nitrogens with zero attached hydrogens (tertiary/aromatic N) is 5. The van der Waals surface area contributed by atoms with Crippen molar-refractivity contribution in [2.24, 2.45) is 12.5 Å². The number of anilines is 1. The van der Waals surface area contributed by atoms with E-state index >= 15 is 0 Å². The number of hydrogen-bond donors (Lipinski definition) is 2. The van der Waals surface area contributed by atoms with E-state index in [2.05, 4.69) is 46.5 Å². The predicted molar refractivity (Wildman–Crippen MR) is 123 cm³/mol. The summed E-state index contributed by atoms with van der Waals surface area (Å²) in [4.78, 5) is 35.6. The molecule has 5 rings (SSSR count). The summed E-state index contributed by atoms with van der Waals surface area (Å²) >= 11 is 1.49. The van der Waals surface area contributed by atoms with Crippen molar-refractivity contribution < 1.29 is 9.59 Å². The van der Waals surface area contributed by atoms with Gasteiger partial charge in [0.15, 0.2) is 5.82 Å². The normalized spacial score (nSPS) is 17.8. The van der Waals surface area contributed by atoms with Crippen LogP contribution in [0.25, 0.3) is 10.2 Å². The fraction of sp³-hybridized carbons (Fsp3) is 0.500. The van der Waals surface area contributed by atoms with Gasteiger partial charge in [-0.05, 0) is 24.3 Å². The fourth-order valence-corrected chi connectivity index (χ4v) is 5.74. The molecule has 168 valence electrons. The highest BCUT2D eigenvalue weighted by molar-refractivity contribution is 7.17. The minimum absolute atomic E-state index is 0.0376. The predicted octanol–water partition coefficient (Wildman–Crippen LogP) is 3.15. The minimum Gasteiger partial charge on any atom is -0.336 e. The summed E-state index contributed by atoms with van der Waals surface area (Å²) in [6, 6.07) is 3.69. The molecule has 3 aromatic heterocycles. The lowest BCUT2D eigenvalue weighted by Crippen LogP contribution is -2.67. The molecule has 9 nitrogen and oxygen atoms in total. The highest BCUT2D eigenvalue weighted by Crippen LogP contribution is 2.48. The maximum absolute atomic E-state index is 12.9. The summed E-state index contributed by atoms with van der Waals surface area (Å²) in [5, 5.41) is 12.2. The second kappa shape index (κ2) is 7.26. The van der Waals surface area contributed by atoms with E-state index < -0.39 is 0 Å². The van der Waals surface area contributed by atoms with Crippen LogP contribution in [0, 0.1) is 5.41 Å². The summed E-state index contributed by atoms with van der Waals surface area (Å²) in [7, 11) is 1.88. The Bertz CT molecular complexity index is 1190. The van der Waals surface area contributed by atoms with Gasteiger partial charge < -0.3 is 10.2 Å². The van der Waals surface area contributed by atoms with E-state index in [1.807, 2.05) is 29.5 Å². The van der Waals surface area contributed by atoms with Crippen LogP contribution in [0.2, 0.25) is 0 Å². The second-order valence-electron chi connectivity index (χ2n) is 10.0. The SMILES string of the molecule is Cn1nc(NC(=O)NC2CC3(C2)CN(C(=O)c2ncnc4ccsc24)C3)cc1C(C)(C)C. The average molecular weight is 454 g/mol. The third kappa shape index (κ3) is 3.62. The van der Waals surface area contributed by atoms with Crippen molar-refractivity contribution in [3.63, 3.8) is 0 Å². The molecule has 0 radical (unpaired) electrons. The van der Waals surface area contributed by atoms with E-state index in [0.29, 0.717) is 24.6 Å². The average Bonchev–Trinajstić information content (AvgIpc) is 3.27. The molecule has 3 aromatic rings. The molecule has 2 aliphatic rings. The Morgan fingerprint density at radius 1 is 1.22 bits per heavy atom. The Balaban J connectivity index is 1.12. The van der Waals surface area contributed by atoms with E-state index in [4.69, 9.17) is 0 Å². The Labute approximate surface area is 190 Å². The van der Waals surface area contributed by atoms with Gasteiger partial charge in [0.1, 0.15) is 12.0 Å². The van der Waals surface area contributed by atoms with E-state index in [1.54, 1.807) is 4.68 Å². The number of fused-ring (bicyclic) bond motifs is 1. The molecule has 2 fully saturated rings.